The molecule has 0 bridgehead atoms. The summed E-state index contributed by atoms with van der Waals surface area (Å²) in [6.45, 7) is 0. The minimum atomic E-state index is -3.00. The van der Waals surface area contributed by atoms with Gasteiger partial charge in [0.2, 0.25) is 0 Å². The van der Waals surface area contributed by atoms with Crippen LogP contribution in [0.2, 0.25) is 0 Å². The molecule has 1 rings (SSSR count). The summed E-state index contributed by atoms with van der Waals surface area (Å²) in [5.41, 5.74) is 0.892. The van der Waals surface area contributed by atoms with Crippen molar-refractivity contribution in [1.82, 2.24) is 0 Å². The maximum Gasteiger partial charge on any atom is 0.168 e. The fourth-order valence-corrected chi connectivity index (χ4v) is 1.17. The molecule has 0 aliphatic rings. The zero-order chi connectivity index (χ0) is 9.03. The molecule has 1 aromatic rings. The molecule has 0 heterocycles. The van der Waals surface area contributed by atoms with Crippen LogP contribution in [0.5, 0.6) is 0 Å². The number of rotatable bonds is 2. The van der Waals surface area contributed by atoms with Gasteiger partial charge in [-0.15, -0.1) is 0 Å². The summed E-state index contributed by atoms with van der Waals surface area (Å²) >= 11 is 0. The van der Waals surface area contributed by atoms with Crippen LogP contribution < -0.4 is 0 Å². The van der Waals surface area contributed by atoms with Gasteiger partial charge >= 0.3 is 0 Å². The summed E-state index contributed by atoms with van der Waals surface area (Å²) in [4.78, 5) is 0. The van der Waals surface area contributed by atoms with Crippen molar-refractivity contribution in [3.8, 4) is 0 Å². The molecule has 0 radical (unpaired) electrons. The highest BCUT2D eigenvalue weighted by Crippen LogP contribution is 2.01. The van der Waals surface area contributed by atoms with Crippen LogP contribution in [0.25, 0.3) is 6.08 Å². The topological polar surface area (TPSA) is 34.1 Å². The zero-order valence-corrected chi connectivity index (χ0v) is 7.58. The molecule has 0 N–H and O–H groups in total. The smallest absolute Gasteiger partial charge is 0.168 e. The van der Waals surface area contributed by atoms with E-state index in [0.29, 0.717) is 0 Å². The van der Waals surface area contributed by atoms with Crippen LogP contribution in [0.3, 0.4) is 0 Å². The molecule has 64 valence electrons. The molecule has 12 heavy (non-hydrogen) atoms. The van der Waals surface area contributed by atoms with Crippen LogP contribution in [-0.2, 0) is 9.84 Å². The lowest BCUT2D eigenvalue weighted by Gasteiger charge is -1.89. The first kappa shape index (κ1) is 9.00. The van der Waals surface area contributed by atoms with Gasteiger partial charge in [0.1, 0.15) is 0 Å². The molecule has 0 fully saturated rings. The molecule has 0 saturated heterocycles. The van der Waals surface area contributed by atoms with Crippen molar-refractivity contribution in [2.45, 2.75) is 0 Å². The maximum absolute atomic E-state index is 10.7. The van der Waals surface area contributed by atoms with E-state index in [9.17, 15) is 8.42 Å². The Kier molecular flexibility index (Phi) is 2.65. The molecule has 0 aromatic heterocycles. The molecular formula is C9H10O2S. The van der Waals surface area contributed by atoms with Gasteiger partial charge < -0.3 is 0 Å². The van der Waals surface area contributed by atoms with Crippen LogP contribution in [-0.4, -0.2) is 14.7 Å². The average Bonchev–Trinajstić information content (AvgIpc) is 2.02. The second kappa shape index (κ2) is 3.54. The lowest BCUT2D eigenvalue weighted by molar-refractivity contribution is 0.610. The summed E-state index contributed by atoms with van der Waals surface area (Å²) in [6, 6.07) is 9.31. The Morgan fingerprint density at radius 2 is 1.75 bits per heavy atom. The third-order valence-electron chi connectivity index (χ3n) is 1.31. The van der Waals surface area contributed by atoms with Gasteiger partial charge in [0, 0.05) is 11.7 Å². The SMILES string of the molecule is CS(=O)(=O)C=Cc1ccccc1. The Bertz CT molecular complexity index is 363. The molecule has 2 nitrogen and oxygen atoms in total. The van der Waals surface area contributed by atoms with Crippen LogP contribution in [0.15, 0.2) is 35.7 Å². The summed E-state index contributed by atoms with van der Waals surface area (Å²) in [5.74, 6) is 0. The van der Waals surface area contributed by atoms with E-state index in [4.69, 9.17) is 0 Å². The maximum atomic E-state index is 10.7. The Morgan fingerprint density at radius 1 is 1.17 bits per heavy atom. The normalized spacial score (nSPS) is 12.1. The van der Waals surface area contributed by atoms with Crippen LogP contribution in [0.4, 0.5) is 0 Å². The molecule has 0 aliphatic carbocycles. The first-order valence-electron chi connectivity index (χ1n) is 3.51. The van der Waals surface area contributed by atoms with Crippen molar-refractivity contribution in [3.63, 3.8) is 0 Å². The van der Waals surface area contributed by atoms with Gasteiger partial charge in [0.05, 0.1) is 0 Å². The second-order valence-electron chi connectivity index (χ2n) is 2.54. The molecule has 1 aromatic carbocycles. The number of hydrogen-bond donors (Lipinski definition) is 0. The van der Waals surface area contributed by atoms with Crippen molar-refractivity contribution >= 4 is 15.9 Å². The summed E-state index contributed by atoms with van der Waals surface area (Å²) in [6.07, 6.45) is 2.75. The van der Waals surface area contributed by atoms with E-state index >= 15 is 0 Å². The Balaban J connectivity index is 2.85. The number of benzene rings is 1. The second-order valence-corrected chi connectivity index (χ2v) is 4.47. The summed E-state index contributed by atoms with van der Waals surface area (Å²) in [7, 11) is -3.00. The summed E-state index contributed by atoms with van der Waals surface area (Å²) < 4.78 is 21.4. The van der Waals surface area contributed by atoms with Crippen molar-refractivity contribution in [1.29, 1.82) is 0 Å². The van der Waals surface area contributed by atoms with E-state index < -0.39 is 9.84 Å². The molecule has 0 saturated carbocycles. The van der Waals surface area contributed by atoms with Crippen molar-refractivity contribution in [2.75, 3.05) is 6.26 Å². The highest BCUT2D eigenvalue weighted by Gasteiger charge is 1.91. The average molecular weight is 182 g/mol. The van der Waals surface area contributed by atoms with Crippen LogP contribution in [0, 0.1) is 0 Å². The fourth-order valence-electron chi connectivity index (χ4n) is 0.766. The van der Waals surface area contributed by atoms with E-state index in [1.54, 1.807) is 6.08 Å². The molecule has 0 amide bonds. The van der Waals surface area contributed by atoms with E-state index in [1.165, 1.54) is 11.7 Å². The Hall–Kier alpha value is -1.09. The third-order valence-corrected chi connectivity index (χ3v) is 1.94. The minimum absolute atomic E-state index is 0.892. The summed E-state index contributed by atoms with van der Waals surface area (Å²) in [5, 5.41) is 1.20. The minimum Gasteiger partial charge on any atom is -0.225 e. The quantitative estimate of drug-likeness (QED) is 0.697. The Morgan fingerprint density at radius 3 is 2.25 bits per heavy atom. The molecular weight excluding hydrogens is 172 g/mol. The van der Waals surface area contributed by atoms with Gasteiger partial charge in [0.25, 0.3) is 0 Å². The molecule has 0 unspecified atom stereocenters. The first-order chi connectivity index (χ1) is 5.58. The molecule has 0 aliphatic heterocycles. The number of sulfone groups is 1. The predicted molar refractivity (Wildman–Crippen MR) is 50.3 cm³/mol. The highest BCUT2D eigenvalue weighted by atomic mass is 32.2. The van der Waals surface area contributed by atoms with Gasteiger partial charge in [-0.25, -0.2) is 8.42 Å². The number of hydrogen-bond acceptors (Lipinski definition) is 2. The first-order valence-corrected chi connectivity index (χ1v) is 5.46. The molecule has 0 spiro atoms. The lowest BCUT2D eigenvalue weighted by Crippen LogP contribution is -1.87. The standard InChI is InChI=1S/C9H10O2S/c1-12(10,11)8-7-9-5-3-2-4-6-9/h2-8H,1H3. The van der Waals surface area contributed by atoms with E-state index in [-0.39, 0.29) is 0 Å². The van der Waals surface area contributed by atoms with Crippen LogP contribution >= 0.6 is 0 Å². The van der Waals surface area contributed by atoms with Crippen LogP contribution in [0.1, 0.15) is 5.56 Å². The highest BCUT2D eigenvalue weighted by molar-refractivity contribution is 7.93. The van der Waals surface area contributed by atoms with Gasteiger partial charge in [-0.2, -0.15) is 0 Å². The monoisotopic (exact) mass is 182 g/mol. The molecule has 0 atom stereocenters. The van der Waals surface area contributed by atoms with Gasteiger partial charge in [-0.1, -0.05) is 30.3 Å². The van der Waals surface area contributed by atoms with E-state index in [0.717, 1.165) is 5.56 Å². The van der Waals surface area contributed by atoms with E-state index in [2.05, 4.69) is 0 Å². The largest absolute Gasteiger partial charge is 0.225 e. The van der Waals surface area contributed by atoms with E-state index in [1.807, 2.05) is 30.3 Å². The van der Waals surface area contributed by atoms with Gasteiger partial charge in [0.15, 0.2) is 9.84 Å². The van der Waals surface area contributed by atoms with Crippen molar-refractivity contribution < 1.29 is 8.42 Å². The Labute approximate surface area is 72.5 Å². The van der Waals surface area contributed by atoms with Gasteiger partial charge in [-0.05, 0) is 11.6 Å². The lowest BCUT2D eigenvalue weighted by atomic mass is 10.2. The van der Waals surface area contributed by atoms with Crippen molar-refractivity contribution in [3.05, 3.63) is 41.3 Å². The predicted octanol–water partition coefficient (Wildman–Crippen LogP) is 1.70. The third kappa shape index (κ3) is 3.34. The zero-order valence-electron chi connectivity index (χ0n) is 6.77. The van der Waals surface area contributed by atoms with Gasteiger partial charge in [-0.3, -0.25) is 0 Å². The molecule has 3 heteroatoms. The van der Waals surface area contributed by atoms with Crippen molar-refractivity contribution in [2.24, 2.45) is 0 Å². The fraction of sp³-hybridized carbons (Fsp3) is 0.111.